The summed E-state index contributed by atoms with van der Waals surface area (Å²) in [4.78, 5) is 14.8. The smallest absolute Gasteiger partial charge is 0.241 e. The maximum Gasteiger partial charge on any atom is 0.241 e. The molecule has 1 saturated heterocycles. The van der Waals surface area contributed by atoms with Crippen LogP contribution in [0.25, 0.3) is 0 Å². The van der Waals surface area contributed by atoms with Gasteiger partial charge in [0.1, 0.15) is 6.04 Å². The molecule has 3 N–H and O–H groups in total. The van der Waals surface area contributed by atoms with Gasteiger partial charge in [0.25, 0.3) is 0 Å². The number of hydrogen-bond donors (Lipinski definition) is 2. The van der Waals surface area contributed by atoms with E-state index in [1.807, 2.05) is 37.3 Å². The van der Waals surface area contributed by atoms with Gasteiger partial charge in [0.15, 0.2) is 0 Å². The lowest BCUT2D eigenvalue weighted by Crippen LogP contribution is -2.35. The van der Waals surface area contributed by atoms with Crippen LogP contribution in [-0.2, 0) is 4.79 Å². The number of amides is 1. The Morgan fingerprint density at radius 1 is 1.00 bits per heavy atom. The molecule has 6 heteroatoms. The third-order valence-electron chi connectivity index (χ3n) is 4.64. The molecule has 0 bridgehead atoms. The number of nitrogens with zero attached hydrogens (tertiary/aromatic N) is 1. The molecule has 4 nitrogen and oxygen atoms in total. The molecule has 0 saturated carbocycles. The first-order chi connectivity index (χ1) is 11.6. The fourth-order valence-electron chi connectivity index (χ4n) is 3.16. The predicted molar refractivity (Wildman–Crippen MR) is 112 cm³/mol. The number of anilines is 1. The minimum absolute atomic E-state index is 0. The van der Waals surface area contributed by atoms with Crippen molar-refractivity contribution in [1.82, 2.24) is 5.32 Å². The number of hydrogen-bond acceptors (Lipinski definition) is 3. The van der Waals surface area contributed by atoms with Gasteiger partial charge >= 0.3 is 0 Å². The standard InChI is InChI=1S/C20H25N3O.2ClH/c1-15(22-20(24)19(21)16-8-3-2-4-9-16)17-10-7-11-18(14-17)23-12-5-6-13-23;;/h2-4,7-11,14-15,19H,5-6,12-13,21H2,1H3,(H,22,24);2*1H. The SMILES string of the molecule is CC(NC(=O)C(N)c1ccccc1)c1cccc(N2CCCC2)c1.Cl.Cl. The van der Waals surface area contributed by atoms with Crippen molar-refractivity contribution < 1.29 is 4.79 Å². The van der Waals surface area contributed by atoms with Crippen molar-refractivity contribution >= 4 is 36.4 Å². The highest BCUT2D eigenvalue weighted by Gasteiger charge is 2.19. The Bertz CT molecular complexity index is 690. The molecule has 0 spiro atoms. The molecule has 1 heterocycles. The number of rotatable bonds is 5. The zero-order chi connectivity index (χ0) is 16.9. The van der Waals surface area contributed by atoms with Crippen LogP contribution in [0.2, 0.25) is 0 Å². The van der Waals surface area contributed by atoms with Crippen molar-refractivity contribution in [1.29, 1.82) is 0 Å². The first kappa shape index (κ1) is 22.3. The molecule has 2 atom stereocenters. The van der Waals surface area contributed by atoms with Crippen LogP contribution in [0.1, 0.15) is 43.0 Å². The van der Waals surface area contributed by atoms with Gasteiger partial charge in [-0.15, -0.1) is 24.8 Å². The van der Waals surface area contributed by atoms with Gasteiger partial charge in [0, 0.05) is 18.8 Å². The number of halogens is 2. The van der Waals surface area contributed by atoms with E-state index in [1.54, 1.807) is 0 Å². The minimum Gasteiger partial charge on any atom is -0.372 e. The van der Waals surface area contributed by atoms with Crippen LogP contribution in [0.15, 0.2) is 54.6 Å². The molecule has 0 aromatic heterocycles. The molecule has 3 rings (SSSR count). The Morgan fingerprint density at radius 3 is 2.27 bits per heavy atom. The van der Waals surface area contributed by atoms with Crippen molar-refractivity contribution in [3.63, 3.8) is 0 Å². The maximum absolute atomic E-state index is 12.4. The van der Waals surface area contributed by atoms with E-state index in [-0.39, 0.29) is 36.8 Å². The Kier molecular flexibility index (Phi) is 8.93. The fraction of sp³-hybridized carbons (Fsp3) is 0.350. The van der Waals surface area contributed by atoms with Crippen molar-refractivity contribution in [2.24, 2.45) is 5.73 Å². The fourth-order valence-corrected chi connectivity index (χ4v) is 3.16. The largest absolute Gasteiger partial charge is 0.372 e. The summed E-state index contributed by atoms with van der Waals surface area (Å²) in [6.07, 6.45) is 2.50. The highest BCUT2D eigenvalue weighted by molar-refractivity contribution is 5.85. The highest BCUT2D eigenvalue weighted by atomic mass is 35.5. The van der Waals surface area contributed by atoms with Gasteiger partial charge in [-0.05, 0) is 43.0 Å². The molecule has 1 fully saturated rings. The molecule has 2 unspecified atom stereocenters. The molecule has 0 radical (unpaired) electrons. The Balaban J connectivity index is 0.00000169. The second kappa shape index (κ2) is 10.4. The summed E-state index contributed by atoms with van der Waals surface area (Å²) in [5.41, 5.74) is 9.24. The van der Waals surface area contributed by atoms with Crippen LogP contribution in [0, 0.1) is 0 Å². The van der Waals surface area contributed by atoms with Gasteiger partial charge in [0.2, 0.25) is 5.91 Å². The molecule has 1 amide bonds. The molecule has 1 aliphatic rings. The zero-order valence-corrected chi connectivity index (χ0v) is 16.6. The first-order valence-corrected chi connectivity index (χ1v) is 8.61. The molecule has 26 heavy (non-hydrogen) atoms. The molecular formula is C20H27Cl2N3O. The Morgan fingerprint density at radius 2 is 1.62 bits per heavy atom. The number of nitrogens with one attached hydrogen (secondary N) is 1. The summed E-state index contributed by atoms with van der Waals surface area (Å²) in [5, 5.41) is 3.03. The number of benzene rings is 2. The van der Waals surface area contributed by atoms with Crippen LogP contribution in [0.4, 0.5) is 5.69 Å². The normalized spacial score (nSPS) is 15.4. The molecule has 2 aromatic rings. The highest BCUT2D eigenvalue weighted by Crippen LogP contribution is 2.24. The monoisotopic (exact) mass is 395 g/mol. The molecule has 2 aromatic carbocycles. The third kappa shape index (κ3) is 5.37. The number of carbonyl (C=O) groups is 1. The minimum atomic E-state index is -0.643. The summed E-state index contributed by atoms with van der Waals surface area (Å²) in [5.74, 6) is -0.153. The van der Waals surface area contributed by atoms with Crippen LogP contribution < -0.4 is 16.0 Å². The first-order valence-electron chi connectivity index (χ1n) is 8.61. The van der Waals surface area contributed by atoms with Gasteiger partial charge in [-0.3, -0.25) is 4.79 Å². The van der Waals surface area contributed by atoms with Crippen molar-refractivity contribution in [3.05, 3.63) is 65.7 Å². The predicted octanol–water partition coefficient (Wildman–Crippen LogP) is 4.01. The lowest BCUT2D eigenvalue weighted by atomic mass is 10.0. The van der Waals surface area contributed by atoms with Crippen LogP contribution >= 0.6 is 24.8 Å². The van der Waals surface area contributed by atoms with E-state index in [4.69, 9.17) is 5.73 Å². The second-order valence-corrected chi connectivity index (χ2v) is 6.41. The van der Waals surface area contributed by atoms with Crippen molar-refractivity contribution in [2.45, 2.75) is 31.8 Å². The van der Waals surface area contributed by atoms with Gasteiger partial charge < -0.3 is 16.0 Å². The van der Waals surface area contributed by atoms with E-state index in [0.717, 1.165) is 24.2 Å². The summed E-state index contributed by atoms with van der Waals surface area (Å²) < 4.78 is 0. The third-order valence-corrected chi connectivity index (χ3v) is 4.64. The summed E-state index contributed by atoms with van der Waals surface area (Å²) >= 11 is 0. The quantitative estimate of drug-likeness (QED) is 0.803. The summed E-state index contributed by atoms with van der Waals surface area (Å²) in [7, 11) is 0. The lowest BCUT2D eigenvalue weighted by molar-refractivity contribution is -0.123. The van der Waals surface area contributed by atoms with E-state index in [0.29, 0.717) is 0 Å². The maximum atomic E-state index is 12.4. The van der Waals surface area contributed by atoms with Gasteiger partial charge in [-0.25, -0.2) is 0 Å². The second-order valence-electron chi connectivity index (χ2n) is 6.41. The molecule has 0 aliphatic carbocycles. The molecule has 1 aliphatic heterocycles. The summed E-state index contributed by atoms with van der Waals surface area (Å²) in [6.45, 7) is 4.23. The van der Waals surface area contributed by atoms with Crippen molar-refractivity contribution in [3.8, 4) is 0 Å². The van der Waals surface area contributed by atoms with Crippen LogP contribution in [0.5, 0.6) is 0 Å². The van der Waals surface area contributed by atoms with E-state index in [9.17, 15) is 4.79 Å². The Labute approximate surface area is 168 Å². The molecule has 142 valence electrons. The average Bonchev–Trinajstić information content (AvgIpc) is 3.16. The number of nitrogens with two attached hydrogens (primary N) is 1. The van der Waals surface area contributed by atoms with Gasteiger partial charge in [-0.2, -0.15) is 0 Å². The van der Waals surface area contributed by atoms with Crippen LogP contribution in [-0.4, -0.2) is 19.0 Å². The Hall–Kier alpha value is -1.75. The lowest BCUT2D eigenvalue weighted by Gasteiger charge is -2.22. The zero-order valence-electron chi connectivity index (χ0n) is 14.9. The van der Waals surface area contributed by atoms with E-state index in [1.165, 1.54) is 18.5 Å². The van der Waals surface area contributed by atoms with E-state index < -0.39 is 6.04 Å². The van der Waals surface area contributed by atoms with Crippen molar-refractivity contribution in [2.75, 3.05) is 18.0 Å². The van der Waals surface area contributed by atoms with E-state index >= 15 is 0 Å². The van der Waals surface area contributed by atoms with E-state index in [2.05, 4.69) is 34.5 Å². The van der Waals surface area contributed by atoms with Gasteiger partial charge in [-0.1, -0.05) is 42.5 Å². The average molecular weight is 396 g/mol. The molecular weight excluding hydrogens is 369 g/mol. The summed E-state index contributed by atoms with van der Waals surface area (Å²) in [6, 6.07) is 17.2. The van der Waals surface area contributed by atoms with Crippen LogP contribution in [0.3, 0.4) is 0 Å². The topological polar surface area (TPSA) is 58.4 Å². The number of carbonyl (C=O) groups excluding carboxylic acids is 1. The van der Waals surface area contributed by atoms with Gasteiger partial charge in [0.05, 0.1) is 6.04 Å².